The van der Waals surface area contributed by atoms with Crippen LogP contribution in [0, 0.1) is 0 Å². The fourth-order valence-corrected chi connectivity index (χ4v) is 2.52. The van der Waals surface area contributed by atoms with Gasteiger partial charge in [0.1, 0.15) is 5.69 Å². The van der Waals surface area contributed by atoms with E-state index in [0.29, 0.717) is 16.4 Å². The fraction of sp³-hybridized carbons (Fsp3) is 0. The Labute approximate surface area is 151 Å². The molecule has 0 aliphatic carbocycles. The predicted octanol–water partition coefficient (Wildman–Crippen LogP) is 4.26. The van der Waals surface area contributed by atoms with Crippen LogP contribution in [0.1, 0.15) is 16.1 Å². The van der Waals surface area contributed by atoms with E-state index in [0.717, 1.165) is 15.6 Å². The van der Waals surface area contributed by atoms with Crippen molar-refractivity contribution in [2.24, 2.45) is 5.10 Å². The van der Waals surface area contributed by atoms with Crippen LogP contribution >= 0.6 is 27.5 Å². The number of hydrogen-bond acceptors (Lipinski definition) is 3. The van der Waals surface area contributed by atoms with Crippen molar-refractivity contribution in [3.8, 4) is 11.3 Å². The second-order valence-electron chi connectivity index (χ2n) is 4.89. The predicted molar refractivity (Wildman–Crippen MR) is 98.2 cm³/mol. The quantitative estimate of drug-likeness (QED) is 0.505. The maximum absolute atomic E-state index is 12.1. The topological polar surface area (TPSA) is 70.1 Å². The zero-order valence-corrected chi connectivity index (χ0v) is 14.7. The van der Waals surface area contributed by atoms with Gasteiger partial charge >= 0.3 is 0 Å². The summed E-state index contributed by atoms with van der Waals surface area (Å²) in [5.41, 5.74) is 5.18. The summed E-state index contributed by atoms with van der Waals surface area (Å²) >= 11 is 9.28. The van der Waals surface area contributed by atoms with Gasteiger partial charge in [-0.15, -0.1) is 0 Å². The highest BCUT2D eigenvalue weighted by molar-refractivity contribution is 9.10. The molecule has 3 aromatic rings. The third kappa shape index (κ3) is 3.90. The van der Waals surface area contributed by atoms with E-state index in [1.807, 2.05) is 36.4 Å². The van der Waals surface area contributed by atoms with Gasteiger partial charge in [-0.2, -0.15) is 10.2 Å². The molecule has 0 spiro atoms. The Bertz CT molecular complexity index is 890. The van der Waals surface area contributed by atoms with E-state index in [9.17, 15) is 4.79 Å². The number of nitrogens with one attached hydrogen (secondary N) is 2. The van der Waals surface area contributed by atoms with Gasteiger partial charge in [-0.3, -0.25) is 9.89 Å². The van der Waals surface area contributed by atoms with Gasteiger partial charge in [-0.25, -0.2) is 5.43 Å². The summed E-state index contributed by atoms with van der Waals surface area (Å²) in [5.74, 6) is -0.369. The van der Waals surface area contributed by atoms with Crippen molar-refractivity contribution in [3.05, 3.63) is 75.4 Å². The summed E-state index contributed by atoms with van der Waals surface area (Å²) in [6.45, 7) is 0. The van der Waals surface area contributed by atoms with Gasteiger partial charge in [0.25, 0.3) is 5.91 Å². The van der Waals surface area contributed by atoms with Crippen molar-refractivity contribution in [3.63, 3.8) is 0 Å². The summed E-state index contributed by atoms with van der Waals surface area (Å²) in [6.07, 6.45) is 1.57. The molecule has 24 heavy (non-hydrogen) atoms. The Kier molecular flexibility index (Phi) is 5.08. The lowest BCUT2D eigenvalue weighted by Crippen LogP contribution is -2.18. The van der Waals surface area contributed by atoms with E-state index in [1.54, 1.807) is 24.4 Å². The molecule has 0 aliphatic heterocycles. The van der Waals surface area contributed by atoms with E-state index in [4.69, 9.17) is 11.6 Å². The van der Waals surface area contributed by atoms with Gasteiger partial charge in [0, 0.05) is 20.6 Å². The Morgan fingerprint density at radius 2 is 1.96 bits per heavy atom. The van der Waals surface area contributed by atoms with E-state index in [-0.39, 0.29) is 5.91 Å². The van der Waals surface area contributed by atoms with Gasteiger partial charge in [-0.1, -0.05) is 57.9 Å². The molecule has 0 aliphatic rings. The van der Waals surface area contributed by atoms with E-state index in [2.05, 4.69) is 36.7 Å². The number of H-pyrrole nitrogens is 1. The normalized spacial score (nSPS) is 10.9. The molecule has 0 unspecified atom stereocenters. The summed E-state index contributed by atoms with van der Waals surface area (Å²) < 4.78 is 0.898. The lowest BCUT2D eigenvalue weighted by Gasteiger charge is -1.98. The number of hydrazone groups is 1. The number of halogens is 2. The standard InChI is InChI=1S/C17H12BrClN4O/c18-14-4-2-1-3-12(14)10-20-23-17(24)16-9-15(21-22-16)11-5-7-13(19)8-6-11/h1-10H,(H,21,22)(H,23,24). The highest BCUT2D eigenvalue weighted by atomic mass is 79.9. The first-order valence-electron chi connectivity index (χ1n) is 7.03. The molecule has 0 saturated carbocycles. The molecule has 0 radical (unpaired) electrons. The number of rotatable bonds is 4. The number of carbonyl (C=O) groups excluding carboxylic acids is 1. The Morgan fingerprint density at radius 1 is 1.21 bits per heavy atom. The Hall–Kier alpha value is -2.44. The van der Waals surface area contributed by atoms with E-state index < -0.39 is 0 Å². The van der Waals surface area contributed by atoms with Gasteiger partial charge in [0.15, 0.2) is 0 Å². The maximum atomic E-state index is 12.1. The largest absolute Gasteiger partial charge is 0.289 e. The van der Waals surface area contributed by atoms with Crippen molar-refractivity contribution in [1.29, 1.82) is 0 Å². The smallest absolute Gasteiger partial charge is 0.272 e. The number of hydrogen-bond donors (Lipinski definition) is 2. The molecule has 5 nitrogen and oxygen atoms in total. The molecule has 0 fully saturated rings. The average molecular weight is 404 g/mol. The highest BCUT2D eigenvalue weighted by Gasteiger charge is 2.10. The first kappa shape index (κ1) is 16.4. The second-order valence-corrected chi connectivity index (χ2v) is 6.19. The van der Waals surface area contributed by atoms with Gasteiger partial charge < -0.3 is 0 Å². The van der Waals surface area contributed by atoms with Crippen LogP contribution < -0.4 is 5.43 Å². The van der Waals surface area contributed by atoms with Crippen LogP contribution in [0.4, 0.5) is 0 Å². The summed E-state index contributed by atoms with van der Waals surface area (Å²) in [4.78, 5) is 12.1. The van der Waals surface area contributed by atoms with E-state index in [1.165, 1.54) is 0 Å². The maximum Gasteiger partial charge on any atom is 0.289 e. The molecule has 1 aromatic heterocycles. The lowest BCUT2D eigenvalue weighted by atomic mass is 10.1. The van der Waals surface area contributed by atoms with Crippen LogP contribution in [0.3, 0.4) is 0 Å². The summed E-state index contributed by atoms with van der Waals surface area (Å²) in [5, 5.41) is 11.4. The molecule has 0 bridgehead atoms. The van der Waals surface area contributed by atoms with Crippen LogP contribution in [0.2, 0.25) is 5.02 Å². The van der Waals surface area contributed by atoms with E-state index >= 15 is 0 Å². The first-order chi connectivity index (χ1) is 11.6. The minimum absolute atomic E-state index is 0.323. The summed E-state index contributed by atoms with van der Waals surface area (Å²) in [6, 6.07) is 16.5. The number of carbonyl (C=O) groups is 1. The van der Waals surface area contributed by atoms with Crippen molar-refractivity contribution in [1.82, 2.24) is 15.6 Å². The fourth-order valence-electron chi connectivity index (χ4n) is 2.01. The molecular weight excluding hydrogens is 392 g/mol. The molecule has 0 saturated heterocycles. The average Bonchev–Trinajstić information content (AvgIpc) is 3.07. The number of nitrogens with zero attached hydrogens (tertiary/aromatic N) is 2. The number of amides is 1. The zero-order chi connectivity index (χ0) is 16.9. The van der Waals surface area contributed by atoms with Crippen LogP contribution in [-0.4, -0.2) is 22.3 Å². The van der Waals surface area contributed by atoms with Crippen molar-refractivity contribution < 1.29 is 4.79 Å². The van der Waals surface area contributed by atoms with Crippen LogP contribution in [0.25, 0.3) is 11.3 Å². The molecule has 0 atom stereocenters. The molecular formula is C17H12BrClN4O. The zero-order valence-electron chi connectivity index (χ0n) is 12.3. The third-order valence-corrected chi connectivity index (χ3v) is 4.21. The molecule has 1 amide bonds. The highest BCUT2D eigenvalue weighted by Crippen LogP contribution is 2.20. The van der Waals surface area contributed by atoms with Crippen molar-refractivity contribution in [2.45, 2.75) is 0 Å². The first-order valence-corrected chi connectivity index (χ1v) is 8.20. The monoisotopic (exact) mass is 402 g/mol. The second kappa shape index (κ2) is 7.42. The van der Waals surface area contributed by atoms with Crippen LogP contribution in [0.5, 0.6) is 0 Å². The molecule has 7 heteroatoms. The molecule has 2 aromatic carbocycles. The molecule has 1 heterocycles. The summed E-state index contributed by atoms with van der Waals surface area (Å²) in [7, 11) is 0. The van der Waals surface area contributed by atoms with Crippen molar-refractivity contribution in [2.75, 3.05) is 0 Å². The third-order valence-electron chi connectivity index (χ3n) is 3.24. The van der Waals surface area contributed by atoms with Gasteiger partial charge in [0.05, 0.1) is 11.9 Å². The van der Waals surface area contributed by atoms with Gasteiger partial charge in [-0.05, 0) is 24.3 Å². The van der Waals surface area contributed by atoms with Gasteiger partial charge in [0.2, 0.25) is 0 Å². The molecule has 3 rings (SSSR count). The number of benzene rings is 2. The lowest BCUT2D eigenvalue weighted by molar-refractivity contribution is 0.0950. The minimum atomic E-state index is -0.369. The number of aromatic nitrogens is 2. The number of aromatic amines is 1. The van der Waals surface area contributed by atoms with Crippen LogP contribution in [-0.2, 0) is 0 Å². The van der Waals surface area contributed by atoms with Crippen LogP contribution in [0.15, 0.2) is 64.2 Å². The molecule has 2 N–H and O–H groups in total. The molecule has 120 valence electrons. The Balaban J connectivity index is 1.68. The SMILES string of the molecule is O=C(NN=Cc1ccccc1Br)c1cc(-c2ccc(Cl)cc2)n[nH]1. The minimum Gasteiger partial charge on any atom is -0.272 e. The Morgan fingerprint density at radius 3 is 2.71 bits per heavy atom. The van der Waals surface area contributed by atoms with Crippen molar-refractivity contribution >= 4 is 39.7 Å².